The van der Waals surface area contributed by atoms with Gasteiger partial charge in [-0.25, -0.2) is 4.79 Å². The Morgan fingerprint density at radius 2 is 1.58 bits per heavy atom. The van der Waals surface area contributed by atoms with Gasteiger partial charge in [-0.1, -0.05) is 36.4 Å². The molecule has 1 aliphatic heterocycles. The summed E-state index contributed by atoms with van der Waals surface area (Å²) in [5, 5.41) is 13.6. The number of nitrogens with one attached hydrogen (secondary N) is 1. The van der Waals surface area contributed by atoms with Crippen LogP contribution in [0.25, 0.3) is 11.1 Å². The smallest absolute Gasteiger partial charge is 0.429 e. The van der Waals surface area contributed by atoms with Crippen LogP contribution in [0.15, 0.2) is 48.5 Å². The van der Waals surface area contributed by atoms with Gasteiger partial charge < -0.3 is 19.9 Å². The van der Waals surface area contributed by atoms with Crippen molar-refractivity contribution in [2.75, 3.05) is 6.54 Å². The van der Waals surface area contributed by atoms with E-state index in [-0.39, 0.29) is 6.04 Å². The summed E-state index contributed by atoms with van der Waals surface area (Å²) in [4.78, 5) is 11.8. The van der Waals surface area contributed by atoms with Gasteiger partial charge >= 0.3 is 12.3 Å². The van der Waals surface area contributed by atoms with Gasteiger partial charge in [0.15, 0.2) is 0 Å². The van der Waals surface area contributed by atoms with E-state index in [0.29, 0.717) is 18.5 Å². The van der Waals surface area contributed by atoms with Gasteiger partial charge in [0.25, 0.3) is 0 Å². The van der Waals surface area contributed by atoms with Crippen molar-refractivity contribution < 1.29 is 32.5 Å². The topological polar surface area (TPSA) is 67.8 Å². The summed E-state index contributed by atoms with van der Waals surface area (Å²) in [6.45, 7) is 5.51. The third-order valence-corrected chi connectivity index (χ3v) is 4.97. The number of aliphatic hydroxyl groups is 1. The number of halogens is 3. The molecule has 3 atom stereocenters. The van der Waals surface area contributed by atoms with Gasteiger partial charge in [0.1, 0.15) is 17.8 Å². The highest BCUT2D eigenvalue weighted by Gasteiger charge is 2.38. The molecule has 2 aromatic carbocycles. The number of hydrogen-bond acceptors (Lipinski definition) is 5. The van der Waals surface area contributed by atoms with Gasteiger partial charge in [-0.3, -0.25) is 0 Å². The average Bonchev–Trinajstić information content (AvgIpc) is 3.00. The minimum Gasteiger partial charge on any atom is -0.429 e. The number of benzene rings is 2. The van der Waals surface area contributed by atoms with Crippen LogP contribution in [0, 0.1) is 0 Å². The first-order valence-electron chi connectivity index (χ1n) is 10.00. The van der Waals surface area contributed by atoms with Crippen molar-refractivity contribution in [2.45, 2.75) is 57.2 Å². The molecule has 0 spiro atoms. The highest BCUT2D eigenvalue weighted by molar-refractivity contribution is 5.64. The standard InChI is InChI=1S/C23H26F3NO4/c1-22(2,3)31-21(29)30-19-13-27-18(20(19)28)12-14-4-6-15(7-5-14)16-8-10-17(11-9-16)23(24,25)26/h4-11,18-20,27-28H,12-13H2,1-3H3/t18-,19+,20+/m1/s1. The van der Waals surface area contributed by atoms with Gasteiger partial charge in [0.2, 0.25) is 0 Å². The molecule has 0 aromatic heterocycles. The van der Waals surface area contributed by atoms with Crippen molar-refractivity contribution in [1.29, 1.82) is 0 Å². The molecule has 0 saturated carbocycles. The molecule has 8 heteroatoms. The van der Waals surface area contributed by atoms with Crippen LogP contribution in [0.4, 0.5) is 18.0 Å². The summed E-state index contributed by atoms with van der Waals surface area (Å²) in [6.07, 6.45) is -6.26. The van der Waals surface area contributed by atoms with E-state index in [1.807, 2.05) is 24.3 Å². The second-order valence-corrected chi connectivity index (χ2v) is 8.60. The van der Waals surface area contributed by atoms with E-state index >= 15 is 0 Å². The quantitative estimate of drug-likeness (QED) is 0.686. The number of ether oxygens (including phenoxy) is 2. The number of carbonyl (C=O) groups is 1. The molecule has 0 amide bonds. The fraction of sp³-hybridized carbons (Fsp3) is 0.435. The fourth-order valence-electron chi connectivity index (χ4n) is 3.41. The molecule has 1 saturated heterocycles. The predicted molar refractivity (Wildman–Crippen MR) is 109 cm³/mol. The number of carbonyl (C=O) groups excluding carboxylic acids is 1. The van der Waals surface area contributed by atoms with E-state index in [2.05, 4.69) is 5.32 Å². The first kappa shape index (κ1) is 23.1. The number of hydrogen-bond donors (Lipinski definition) is 2. The minimum absolute atomic E-state index is 0.302. The Balaban J connectivity index is 1.58. The number of alkyl halides is 3. The van der Waals surface area contributed by atoms with Crippen molar-refractivity contribution in [3.8, 4) is 11.1 Å². The molecule has 0 unspecified atom stereocenters. The Hall–Kier alpha value is -2.58. The van der Waals surface area contributed by atoms with Gasteiger partial charge in [0, 0.05) is 12.6 Å². The van der Waals surface area contributed by atoms with Crippen molar-refractivity contribution in [1.82, 2.24) is 5.32 Å². The molecular formula is C23H26F3NO4. The van der Waals surface area contributed by atoms with Gasteiger partial charge in [-0.15, -0.1) is 0 Å². The van der Waals surface area contributed by atoms with Crippen LogP contribution in [0.3, 0.4) is 0 Å². The molecule has 5 nitrogen and oxygen atoms in total. The largest absolute Gasteiger partial charge is 0.509 e. The van der Waals surface area contributed by atoms with E-state index in [1.54, 1.807) is 20.8 Å². The molecular weight excluding hydrogens is 411 g/mol. The maximum Gasteiger partial charge on any atom is 0.509 e. The lowest BCUT2D eigenvalue weighted by Crippen LogP contribution is -2.37. The first-order chi connectivity index (χ1) is 14.4. The summed E-state index contributed by atoms with van der Waals surface area (Å²) in [5.41, 5.74) is 1.05. The summed E-state index contributed by atoms with van der Waals surface area (Å²) in [7, 11) is 0. The third kappa shape index (κ3) is 6.21. The lowest BCUT2D eigenvalue weighted by Gasteiger charge is -2.22. The Labute approximate surface area is 179 Å². The van der Waals surface area contributed by atoms with E-state index in [9.17, 15) is 23.1 Å². The zero-order chi connectivity index (χ0) is 22.8. The lowest BCUT2D eigenvalue weighted by molar-refractivity contribution is -0.137. The van der Waals surface area contributed by atoms with Crippen molar-refractivity contribution in [2.24, 2.45) is 0 Å². The Bertz CT molecular complexity index is 889. The number of rotatable bonds is 4. The predicted octanol–water partition coefficient (Wildman–Crippen LogP) is 4.57. The van der Waals surface area contributed by atoms with E-state index < -0.39 is 35.7 Å². The average molecular weight is 437 g/mol. The zero-order valence-corrected chi connectivity index (χ0v) is 17.6. The molecule has 1 fully saturated rings. The molecule has 1 aliphatic rings. The summed E-state index contributed by atoms with van der Waals surface area (Å²) < 4.78 is 48.5. The lowest BCUT2D eigenvalue weighted by atomic mass is 9.98. The SMILES string of the molecule is CC(C)(C)OC(=O)O[C@H]1CN[C@H](Cc2ccc(-c3ccc(C(F)(F)F)cc3)cc2)[C@@H]1O. The normalized spacial score (nSPS) is 21.7. The van der Waals surface area contributed by atoms with Crippen LogP contribution in [0.2, 0.25) is 0 Å². The Morgan fingerprint density at radius 3 is 2.10 bits per heavy atom. The summed E-state index contributed by atoms with van der Waals surface area (Å²) in [5.74, 6) is 0. The Kier molecular flexibility index (Phi) is 6.62. The number of aliphatic hydroxyl groups excluding tert-OH is 1. The van der Waals surface area contributed by atoms with Crippen LogP contribution in [0.1, 0.15) is 31.9 Å². The molecule has 0 bridgehead atoms. The van der Waals surface area contributed by atoms with Crippen molar-refractivity contribution in [3.63, 3.8) is 0 Å². The van der Waals surface area contributed by atoms with Crippen LogP contribution in [-0.2, 0) is 22.1 Å². The highest BCUT2D eigenvalue weighted by atomic mass is 19.4. The first-order valence-corrected chi connectivity index (χ1v) is 10.00. The van der Waals surface area contributed by atoms with Crippen molar-refractivity contribution >= 4 is 6.16 Å². The third-order valence-electron chi connectivity index (χ3n) is 4.97. The zero-order valence-electron chi connectivity index (χ0n) is 17.6. The molecule has 0 radical (unpaired) electrons. The molecule has 2 aromatic rings. The molecule has 3 rings (SSSR count). The van der Waals surface area contributed by atoms with E-state index in [0.717, 1.165) is 23.3 Å². The van der Waals surface area contributed by atoms with Gasteiger partial charge in [-0.2, -0.15) is 13.2 Å². The van der Waals surface area contributed by atoms with E-state index in [4.69, 9.17) is 9.47 Å². The monoisotopic (exact) mass is 437 g/mol. The van der Waals surface area contributed by atoms with Crippen LogP contribution in [-0.4, -0.2) is 41.7 Å². The maximum atomic E-state index is 12.7. The second-order valence-electron chi connectivity index (χ2n) is 8.60. The maximum absolute atomic E-state index is 12.7. The molecule has 1 heterocycles. The Morgan fingerprint density at radius 1 is 1.03 bits per heavy atom. The highest BCUT2D eigenvalue weighted by Crippen LogP contribution is 2.31. The van der Waals surface area contributed by atoms with Crippen LogP contribution >= 0.6 is 0 Å². The molecule has 0 aliphatic carbocycles. The minimum atomic E-state index is -4.36. The van der Waals surface area contributed by atoms with Crippen molar-refractivity contribution in [3.05, 3.63) is 59.7 Å². The van der Waals surface area contributed by atoms with Gasteiger partial charge in [0.05, 0.1) is 5.56 Å². The van der Waals surface area contributed by atoms with Crippen LogP contribution in [0.5, 0.6) is 0 Å². The van der Waals surface area contributed by atoms with Gasteiger partial charge in [-0.05, 0) is 56.0 Å². The summed E-state index contributed by atoms with van der Waals surface area (Å²) >= 11 is 0. The second kappa shape index (κ2) is 8.88. The fourth-order valence-corrected chi connectivity index (χ4v) is 3.41. The molecule has 168 valence electrons. The molecule has 2 N–H and O–H groups in total. The van der Waals surface area contributed by atoms with Crippen LogP contribution < -0.4 is 5.32 Å². The summed E-state index contributed by atoms with van der Waals surface area (Å²) in [6, 6.07) is 12.1. The van der Waals surface area contributed by atoms with E-state index in [1.165, 1.54) is 12.1 Å². The molecule has 31 heavy (non-hydrogen) atoms.